The summed E-state index contributed by atoms with van der Waals surface area (Å²) in [5, 5.41) is 2.46. The zero-order valence-electron chi connectivity index (χ0n) is 15.5. The largest absolute Gasteiger partial charge is 0.379 e. The third-order valence-corrected chi connectivity index (χ3v) is 9.78. The molecular weight excluding hydrogens is 386 g/mol. The summed E-state index contributed by atoms with van der Waals surface area (Å²) in [6, 6.07) is 16.1. The molecular formula is C20H25Cl2N2OP. The van der Waals surface area contributed by atoms with Gasteiger partial charge in [0.1, 0.15) is 0 Å². The maximum Gasteiger partial charge on any atom is 0.0834 e. The van der Waals surface area contributed by atoms with Crippen molar-refractivity contribution in [3.8, 4) is 0 Å². The lowest BCUT2D eigenvalue weighted by molar-refractivity contribution is 0.0738. The molecule has 1 unspecified atom stereocenters. The Balaban J connectivity index is 2.33. The maximum atomic E-state index is 6.50. The third kappa shape index (κ3) is 3.88. The fourth-order valence-electron chi connectivity index (χ4n) is 3.44. The molecule has 1 heterocycles. The number of benzene rings is 2. The van der Waals surface area contributed by atoms with Crippen molar-refractivity contribution in [1.29, 1.82) is 0 Å². The average Bonchev–Trinajstić information content (AvgIpc) is 2.63. The van der Waals surface area contributed by atoms with Gasteiger partial charge in [-0.3, -0.25) is 4.67 Å². The third-order valence-electron chi connectivity index (χ3n) is 4.61. The lowest BCUT2D eigenvalue weighted by Gasteiger charge is -2.47. The first kappa shape index (κ1) is 19.9. The quantitative estimate of drug-likeness (QED) is 0.562. The highest BCUT2D eigenvalue weighted by molar-refractivity contribution is 7.73. The van der Waals surface area contributed by atoms with E-state index in [1.54, 1.807) is 6.07 Å². The van der Waals surface area contributed by atoms with Gasteiger partial charge in [-0.2, -0.15) is 0 Å². The molecule has 6 heteroatoms. The van der Waals surface area contributed by atoms with Gasteiger partial charge in [-0.1, -0.05) is 74.3 Å². The van der Waals surface area contributed by atoms with E-state index in [1.807, 2.05) is 18.2 Å². The second-order valence-electron chi connectivity index (χ2n) is 7.37. The second-order valence-corrected chi connectivity index (χ2v) is 12.0. The topological polar surface area (TPSA) is 24.8 Å². The van der Waals surface area contributed by atoms with E-state index in [0.717, 1.165) is 32.0 Å². The second kappa shape index (κ2) is 8.04. The summed E-state index contributed by atoms with van der Waals surface area (Å²) in [7, 11) is -2.14. The molecule has 140 valence electrons. The van der Waals surface area contributed by atoms with Gasteiger partial charge in [-0.25, -0.2) is 4.74 Å². The molecule has 1 atom stereocenters. The number of ether oxygens (including phenoxy) is 1. The summed E-state index contributed by atoms with van der Waals surface area (Å²) in [6.45, 7) is 9.98. The lowest BCUT2D eigenvalue weighted by atomic mass is 10.3. The Kier molecular flexibility index (Phi) is 6.16. The molecule has 0 aromatic heterocycles. The van der Waals surface area contributed by atoms with Crippen LogP contribution in [0.15, 0.2) is 53.3 Å². The van der Waals surface area contributed by atoms with Crippen LogP contribution in [-0.4, -0.2) is 36.1 Å². The Morgan fingerprint density at radius 3 is 2.27 bits per heavy atom. The lowest BCUT2D eigenvalue weighted by Crippen LogP contribution is -2.42. The Morgan fingerprint density at radius 2 is 1.65 bits per heavy atom. The van der Waals surface area contributed by atoms with Crippen LogP contribution in [0, 0.1) is 0 Å². The molecule has 1 fully saturated rings. The van der Waals surface area contributed by atoms with Crippen LogP contribution in [0.2, 0.25) is 10.0 Å². The molecule has 3 rings (SSSR count). The van der Waals surface area contributed by atoms with Crippen molar-refractivity contribution >= 4 is 41.4 Å². The van der Waals surface area contributed by atoms with Crippen LogP contribution >= 0.6 is 30.4 Å². The molecule has 1 saturated heterocycles. The van der Waals surface area contributed by atoms with Gasteiger partial charge in [-0.15, -0.1) is 0 Å². The van der Waals surface area contributed by atoms with Gasteiger partial charge in [0.05, 0.1) is 31.1 Å². The fourth-order valence-corrected chi connectivity index (χ4v) is 8.13. The van der Waals surface area contributed by atoms with Crippen LogP contribution in [0.25, 0.3) is 0 Å². The molecule has 0 spiro atoms. The standard InChI is InChI=1S/C20H25Cl2N2OP/c1-20(2,3)26(17-7-5-4-6-8-17,24-11-13-25-14-12-24)23-19-15-16(21)9-10-18(19)22/h4-10,15H,11-14H2,1-3H3. The predicted octanol–water partition coefficient (Wildman–Crippen LogP) is 6.20. The molecule has 0 aliphatic carbocycles. The zero-order chi connectivity index (χ0) is 18.8. The molecule has 3 nitrogen and oxygen atoms in total. The van der Waals surface area contributed by atoms with Gasteiger partial charge in [0.15, 0.2) is 0 Å². The van der Waals surface area contributed by atoms with Gasteiger partial charge in [0.2, 0.25) is 0 Å². The van der Waals surface area contributed by atoms with Gasteiger partial charge < -0.3 is 4.74 Å². The Hall–Kier alpha value is -0.830. The summed E-state index contributed by atoms with van der Waals surface area (Å²) in [5.41, 5.74) is 0.762. The van der Waals surface area contributed by atoms with Crippen LogP contribution in [-0.2, 0) is 4.74 Å². The van der Waals surface area contributed by atoms with E-state index in [2.05, 4.69) is 49.7 Å². The molecule has 0 amide bonds. The van der Waals surface area contributed by atoms with Crippen LogP contribution < -0.4 is 5.30 Å². The van der Waals surface area contributed by atoms with E-state index < -0.39 is 7.21 Å². The van der Waals surface area contributed by atoms with Gasteiger partial charge >= 0.3 is 0 Å². The van der Waals surface area contributed by atoms with Crippen molar-refractivity contribution in [2.24, 2.45) is 4.74 Å². The van der Waals surface area contributed by atoms with Crippen LogP contribution in [0.3, 0.4) is 0 Å². The van der Waals surface area contributed by atoms with Gasteiger partial charge in [0, 0.05) is 28.6 Å². The Bertz CT molecular complexity index is 812. The molecule has 0 saturated carbocycles. The van der Waals surface area contributed by atoms with E-state index in [-0.39, 0.29) is 5.16 Å². The van der Waals surface area contributed by atoms with Crippen molar-refractivity contribution in [3.63, 3.8) is 0 Å². The maximum absolute atomic E-state index is 6.50. The van der Waals surface area contributed by atoms with Gasteiger partial charge in [-0.05, 0) is 18.2 Å². The normalized spacial score (nSPS) is 18.3. The average molecular weight is 411 g/mol. The van der Waals surface area contributed by atoms with Gasteiger partial charge in [0.25, 0.3) is 0 Å². The number of morpholine rings is 1. The number of rotatable bonds is 3. The van der Waals surface area contributed by atoms with E-state index >= 15 is 0 Å². The first-order chi connectivity index (χ1) is 12.3. The molecule has 0 bridgehead atoms. The summed E-state index contributed by atoms with van der Waals surface area (Å²) in [6.07, 6.45) is 0. The first-order valence-electron chi connectivity index (χ1n) is 8.81. The summed E-state index contributed by atoms with van der Waals surface area (Å²) < 4.78 is 13.5. The van der Waals surface area contributed by atoms with Crippen LogP contribution in [0.4, 0.5) is 5.69 Å². The van der Waals surface area contributed by atoms with Crippen molar-refractivity contribution < 1.29 is 4.74 Å². The fraction of sp³-hybridized carbons (Fsp3) is 0.400. The van der Waals surface area contributed by atoms with E-state index in [9.17, 15) is 0 Å². The molecule has 0 N–H and O–H groups in total. The Morgan fingerprint density at radius 1 is 1.00 bits per heavy atom. The van der Waals surface area contributed by atoms with E-state index in [1.165, 1.54) is 5.30 Å². The molecule has 2 aromatic rings. The van der Waals surface area contributed by atoms with Crippen LogP contribution in [0.5, 0.6) is 0 Å². The smallest absolute Gasteiger partial charge is 0.0834 e. The minimum Gasteiger partial charge on any atom is -0.379 e. The highest BCUT2D eigenvalue weighted by Gasteiger charge is 2.41. The van der Waals surface area contributed by atoms with E-state index in [4.69, 9.17) is 32.7 Å². The summed E-state index contributed by atoms with van der Waals surface area (Å²) in [4.78, 5) is 0. The molecule has 2 aromatic carbocycles. The monoisotopic (exact) mass is 410 g/mol. The minimum absolute atomic E-state index is 0.0721. The van der Waals surface area contributed by atoms with E-state index in [0.29, 0.717) is 10.0 Å². The first-order valence-corrected chi connectivity index (χ1v) is 11.3. The van der Waals surface area contributed by atoms with Crippen molar-refractivity contribution in [2.45, 2.75) is 25.9 Å². The minimum atomic E-state index is -2.14. The number of hydrogen-bond donors (Lipinski definition) is 0. The zero-order valence-corrected chi connectivity index (χ0v) is 17.9. The molecule has 1 aliphatic heterocycles. The molecule has 1 aliphatic rings. The Labute approximate surface area is 166 Å². The number of hydrogen-bond acceptors (Lipinski definition) is 2. The highest BCUT2D eigenvalue weighted by Crippen LogP contribution is 2.64. The van der Waals surface area contributed by atoms with Crippen LogP contribution in [0.1, 0.15) is 20.8 Å². The molecule has 0 radical (unpaired) electrons. The highest BCUT2D eigenvalue weighted by atomic mass is 35.5. The predicted molar refractivity (Wildman–Crippen MR) is 114 cm³/mol. The SMILES string of the molecule is CC(C)(C)P(=Nc1cc(Cl)ccc1Cl)(c1ccccc1)N1CCOCC1. The number of nitrogens with zero attached hydrogens (tertiary/aromatic N) is 2. The van der Waals surface area contributed by atoms with Crippen molar-refractivity contribution in [2.75, 3.05) is 26.3 Å². The summed E-state index contributed by atoms with van der Waals surface area (Å²) in [5.74, 6) is 0. The number of halogens is 2. The van der Waals surface area contributed by atoms with Crippen molar-refractivity contribution in [3.05, 3.63) is 58.6 Å². The molecule has 26 heavy (non-hydrogen) atoms. The van der Waals surface area contributed by atoms with Crippen molar-refractivity contribution in [1.82, 2.24) is 4.67 Å². The summed E-state index contributed by atoms with van der Waals surface area (Å²) >= 11 is 12.8.